The summed E-state index contributed by atoms with van der Waals surface area (Å²) >= 11 is 0. The molecule has 0 saturated heterocycles. The van der Waals surface area contributed by atoms with Crippen LogP contribution in [0.1, 0.15) is 52.5 Å². The molecular weight excluding hydrogens is 214 g/mol. The number of unbranched alkanes of at least 4 members (excludes halogenated alkanes) is 2. The largest absolute Gasteiger partial charge is 0.274 e. The first-order valence-corrected chi connectivity index (χ1v) is 6.12. The van der Waals surface area contributed by atoms with Gasteiger partial charge in [-0.05, 0) is 25.0 Å². The van der Waals surface area contributed by atoms with Gasteiger partial charge in [-0.3, -0.25) is 14.5 Å². The molecule has 0 bridgehead atoms. The van der Waals surface area contributed by atoms with Crippen molar-refractivity contribution in [2.24, 2.45) is 0 Å². The normalized spacial score (nSPS) is 14.4. The first kappa shape index (κ1) is 11.8. The summed E-state index contributed by atoms with van der Waals surface area (Å²) in [6, 6.07) is 5.44. The Hall–Kier alpha value is -1.64. The highest BCUT2D eigenvalue weighted by Crippen LogP contribution is 2.25. The van der Waals surface area contributed by atoms with Gasteiger partial charge in [-0.1, -0.05) is 31.9 Å². The smallest absolute Gasteiger partial charge is 0.261 e. The Morgan fingerprint density at radius 2 is 1.88 bits per heavy atom. The highest BCUT2D eigenvalue weighted by atomic mass is 16.2. The molecule has 1 aromatic rings. The van der Waals surface area contributed by atoms with Crippen LogP contribution in [0, 0.1) is 6.92 Å². The van der Waals surface area contributed by atoms with Crippen molar-refractivity contribution in [3.63, 3.8) is 0 Å². The van der Waals surface area contributed by atoms with Crippen LogP contribution in [0.15, 0.2) is 18.2 Å². The molecule has 0 radical (unpaired) electrons. The Morgan fingerprint density at radius 3 is 2.53 bits per heavy atom. The lowest BCUT2D eigenvalue weighted by Crippen LogP contribution is -2.30. The summed E-state index contributed by atoms with van der Waals surface area (Å²) in [7, 11) is 0. The lowest BCUT2D eigenvalue weighted by Gasteiger charge is -2.13. The van der Waals surface area contributed by atoms with Gasteiger partial charge >= 0.3 is 0 Å². The lowest BCUT2D eigenvalue weighted by molar-refractivity contribution is 0.0651. The summed E-state index contributed by atoms with van der Waals surface area (Å²) in [6.07, 6.45) is 3.02. The van der Waals surface area contributed by atoms with Gasteiger partial charge < -0.3 is 0 Å². The monoisotopic (exact) mass is 231 g/mol. The average molecular weight is 231 g/mol. The Balaban J connectivity index is 2.24. The van der Waals surface area contributed by atoms with Crippen molar-refractivity contribution in [3.05, 3.63) is 34.9 Å². The molecule has 0 aliphatic carbocycles. The van der Waals surface area contributed by atoms with E-state index < -0.39 is 0 Å². The SMILES string of the molecule is CCCCCN1C(=O)c2cccc(C)c2C1=O. The molecule has 2 amide bonds. The molecule has 0 unspecified atom stereocenters. The number of fused-ring (bicyclic) bond motifs is 1. The third-order valence-corrected chi connectivity index (χ3v) is 3.19. The zero-order valence-corrected chi connectivity index (χ0v) is 10.3. The van der Waals surface area contributed by atoms with Gasteiger partial charge in [0.15, 0.2) is 0 Å². The molecule has 0 atom stereocenters. The number of aryl methyl sites for hydroxylation is 1. The van der Waals surface area contributed by atoms with E-state index in [0.29, 0.717) is 17.7 Å². The molecule has 3 nitrogen and oxygen atoms in total. The van der Waals surface area contributed by atoms with E-state index >= 15 is 0 Å². The minimum Gasteiger partial charge on any atom is -0.274 e. The summed E-state index contributed by atoms with van der Waals surface area (Å²) in [6.45, 7) is 4.52. The van der Waals surface area contributed by atoms with E-state index in [1.54, 1.807) is 6.07 Å². The van der Waals surface area contributed by atoms with Crippen LogP contribution in [-0.4, -0.2) is 23.3 Å². The molecule has 1 aliphatic rings. The van der Waals surface area contributed by atoms with Crippen molar-refractivity contribution in [2.75, 3.05) is 6.54 Å². The van der Waals surface area contributed by atoms with Gasteiger partial charge in [-0.25, -0.2) is 0 Å². The molecule has 0 fully saturated rings. The molecular formula is C14H17NO2. The molecule has 90 valence electrons. The fourth-order valence-electron chi connectivity index (χ4n) is 2.23. The van der Waals surface area contributed by atoms with E-state index in [-0.39, 0.29) is 11.8 Å². The number of benzene rings is 1. The topological polar surface area (TPSA) is 37.4 Å². The van der Waals surface area contributed by atoms with Crippen LogP contribution in [0.2, 0.25) is 0 Å². The molecule has 3 heteroatoms. The van der Waals surface area contributed by atoms with Crippen LogP contribution in [0.3, 0.4) is 0 Å². The van der Waals surface area contributed by atoms with Crippen molar-refractivity contribution in [1.29, 1.82) is 0 Å². The van der Waals surface area contributed by atoms with E-state index in [1.807, 2.05) is 19.1 Å². The van der Waals surface area contributed by atoms with E-state index in [9.17, 15) is 9.59 Å². The number of amides is 2. The number of imide groups is 1. The summed E-state index contributed by atoms with van der Waals surface area (Å²) in [5.74, 6) is -0.260. The molecule has 1 aliphatic heterocycles. The fraction of sp³-hybridized carbons (Fsp3) is 0.429. The second kappa shape index (κ2) is 4.70. The van der Waals surface area contributed by atoms with Crippen LogP contribution in [0.5, 0.6) is 0 Å². The number of nitrogens with zero attached hydrogens (tertiary/aromatic N) is 1. The predicted molar refractivity (Wildman–Crippen MR) is 66.1 cm³/mol. The van der Waals surface area contributed by atoms with Crippen molar-refractivity contribution in [1.82, 2.24) is 4.90 Å². The Labute approximate surface area is 101 Å². The second-order valence-corrected chi connectivity index (χ2v) is 4.47. The van der Waals surface area contributed by atoms with Crippen molar-refractivity contribution < 1.29 is 9.59 Å². The van der Waals surface area contributed by atoms with Gasteiger partial charge in [-0.15, -0.1) is 0 Å². The zero-order chi connectivity index (χ0) is 12.4. The maximum atomic E-state index is 12.1. The average Bonchev–Trinajstić information content (AvgIpc) is 2.55. The van der Waals surface area contributed by atoms with Gasteiger partial charge in [0.1, 0.15) is 0 Å². The summed E-state index contributed by atoms with van der Waals surface area (Å²) in [5.41, 5.74) is 2.04. The Morgan fingerprint density at radius 1 is 1.12 bits per heavy atom. The van der Waals surface area contributed by atoms with E-state index in [1.165, 1.54) is 4.90 Å². The fourth-order valence-corrected chi connectivity index (χ4v) is 2.23. The first-order valence-electron chi connectivity index (χ1n) is 6.12. The van der Waals surface area contributed by atoms with Crippen LogP contribution in [0.4, 0.5) is 0 Å². The van der Waals surface area contributed by atoms with Crippen LogP contribution in [0.25, 0.3) is 0 Å². The standard InChI is InChI=1S/C14H17NO2/c1-3-4-5-9-15-13(16)11-8-6-7-10(2)12(11)14(15)17/h6-8H,3-5,9H2,1-2H3. The third kappa shape index (κ3) is 1.97. The van der Waals surface area contributed by atoms with Crippen molar-refractivity contribution in [2.45, 2.75) is 33.1 Å². The maximum absolute atomic E-state index is 12.1. The molecule has 1 heterocycles. The Bertz CT molecular complexity index is 465. The number of hydrogen-bond donors (Lipinski definition) is 0. The van der Waals surface area contributed by atoms with Crippen molar-refractivity contribution >= 4 is 11.8 Å². The minimum atomic E-state index is -0.134. The molecule has 0 saturated carbocycles. The quantitative estimate of drug-likeness (QED) is 0.590. The molecule has 2 rings (SSSR count). The number of rotatable bonds is 4. The van der Waals surface area contributed by atoms with Crippen LogP contribution in [-0.2, 0) is 0 Å². The molecule has 17 heavy (non-hydrogen) atoms. The van der Waals surface area contributed by atoms with Crippen LogP contribution >= 0.6 is 0 Å². The van der Waals surface area contributed by atoms with E-state index in [2.05, 4.69) is 6.92 Å². The zero-order valence-electron chi connectivity index (χ0n) is 10.3. The number of carbonyl (C=O) groups is 2. The molecule has 0 spiro atoms. The van der Waals surface area contributed by atoms with Crippen molar-refractivity contribution in [3.8, 4) is 0 Å². The Kier molecular flexibility index (Phi) is 3.27. The number of hydrogen-bond acceptors (Lipinski definition) is 2. The summed E-state index contributed by atoms with van der Waals surface area (Å²) in [5, 5.41) is 0. The highest BCUT2D eigenvalue weighted by Gasteiger charge is 2.35. The summed E-state index contributed by atoms with van der Waals surface area (Å²) in [4.78, 5) is 25.6. The lowest BCUT2D eigenvalue weighted by atomic mass is 10.0. The van der Waals surface area contributed by atoms with Gasteiger partial charge in [0, 0.05) is 6.54 Å². The maximum Gasteiger partial charge on any atom is 0.261 e. The molecule has 0 aromatic heterocycles. The van der Waals surface area contributed by atoms with Gasteiger partial charge in [0.05, 0.1) is 11.1 Å². The molecule has 1 aromatic carbocycles. The third-order valence-electron chi connectivity index (χ3n) is 3.19. The summed E-state index contributed by atoms with van der Waals surface area (Å²) < 4.78 is 0. The van der Waals surface area contributed by atoms with Gasteiger partial charge in [0.2, 0.25) is 0 Å². The van der Waals surface area contributed by atoms with Gasteiger partial charge in [-0.2, -0.15) is 0 Å². The van der Waals surface area contributed by atoms with E-state index in [4.69, 9.17) is 0 Å². The second-order valence-electron chi connectivity index (χ2n) is 4.47. The predicted octanol–water partition coefficient (Wildman–Crippen LogP) is 2.78. The minimum absolute atomic E-state index is 0.126. The van der Waals surface area contributed by atoms with Crippen LogP contribution < -0.4 is 0 Å². The molecule has 0 N–H and O–H groups in total. The first-order chi connectivity index (χ1) is 8.16. The van der Waals surface area contributed by atoms with E-state index in [0.717, 1.165) is 24.8 Å². The highest BCUT2D eigenvalue weighted by molar-refractivity contribution is 6.21. The van der Waals surface area contributed by atoms with Gasteiger partial charge in [0.25, 0.3) is 11.8 Å². The number of carbonyl (C=O) groups excluding carboxylic acids is 2.